The molecule has 220 valence electrons. The van der Waals surface area contributed by atoms with Crippen LogP contribution in [0, 0.1) is 0 Å². The van der Waals surface area contributed by atoms with Crippen molar-refractivity contribution in [3.8, 4) is 56.2 Å². The number of rotatable bonds is 5. The smallest absolute Gasteiger partial charge is 0.178 e. The largest absolute Gasteiger partial charge is 0.297 e. The van der Waals surface area contributed by atoms with Crippen molar-refractivity contribution in [3.05, 3.63) is 164 Å². The topological polar surface area (TPSA) is 56.0 Å². The van der Waals surface area contributed by atoms with Gasteiger partial charge in [-0.1, -0.05) is 133 Å². The summed E-state index contributed by atoms with van der Waals surface area (Å²) in [4.78, 5) is 19.4. The van der Waals surface area contributed by atoms with E-state index in [0.717, 1.165) is 67.1 Å². The molecule has 0 unspecified atom stereocenters. The van der Waals surface area contributed by atoms with E-state index in [-0.39, 0.29) is 0 Å². The van der Waals surface area contributed by atoms with Gasteiger partial charge in [-0.15, -0.1) is 0 Å². The minimum absolute atomic E-state index is 0.714. The van der Waals surface area contributed by atoms with E-state index >= 15 is 0 Å². The van der Waals surface area contributed by atoms with Gasteiger partial charge in [-0.05, 0) is 45.7 Å². The first-order valence-corrected chi connectivity index (χ1v) is 15.6. The Morgan fingerprint density at radius 1 is 0.404 bits per heavy atom. The second-order valence-corrected chi connectivity index (χ2v) is 11.7. The van der Waals surface area contributed by atoms with Crippen molar-refractivity contribution in [1.82, 2.24) is 24.3 Å². The molecule has 0 saturated carbocycles. The molecule has 4 aromatic heterocycles. The van der Waals surface area contributed by atoms with Gasteiger partial charge in [-0.25, -0.2) is 19.9 Å². The molecular formula is C42H27N5. The molecule has 9 aromatic rings. The Morgan fingerprint density at radius 2 is 0.936 bits per heavy atom. The van der Waals surface area contributed by atoms with E-state index in [1.165, 1.54) is 10.8 Å². The molecule has 0 radical (unpaired) electrons. The number of benzene rings is 5. The van der Waals surface area contributed by atoms with Crippen molar-refractivity contribution >= 4 is 27.6 Å². The Hall–Kier alpha value is -6.46. The van der Waals surface area contributed by atoms with Gasteiger partial charge >= 0.3 is 0 Å². The summed E-state index contributed by atoms with van der Waals surface area (Å²) in [6.45, 7) is 0. The van der Waals surface area contributed by atoms with E-state index in [0.29, 0.717) is 5.82 Å². The summed E-state index contributed by atoms with van der Waals surface area (Å²) in [5, 5.41) is 2.35. The standard InChI is InChI=1S/C42H27N5/c1-3-9-31(10-4-1)37-25-38(45-41(44-37)33-11-5-2-6-12-33)32-21-19-29(20-22-32)28-15-17-30(18-16-28)36-23-39-42(43-26-36)46-40-24-34-13-7-8-14-35(34)27-47(39)40/h1-27H. The minimum Gasteiger partial charge on any atom is -0.297 e. The summed E-state index contributed by atoms with van der Waals surface area (Å²) in [6, 6.07) is 52.4. The lowest BCUT2D eigenvalue weighted by atomic mass is 9.99. The van der Waals surface area contributed by atoms with E-state index < -0.39 is 0 Å². The normalized spacial score (nSPS) is 11.4. The lowest BCUT2D eigenvalue weighted by Crippen LogP contribution is -1.95. The van der Waals surface area contributed by atoms with Crippen LogP contribution >= 0.6 is 0 Å². The molecule has 5 nitrogen and oxygen atoms in total. The highest BCUT2D eigenvalue weighted by molar-refractivity contribution is 5.90. The summed E-state index contributed by atoms with van der Waals surface area (Å²) in [5.41, 5.74) is 12.0. The third kappa shape index (κ3) is 5.00. The fourth-order valence-corrected chi connectivity index (χ4v) is 6.19. The van der Waals surface area contributed by atoms with E-state index in [1.807, 2.05) is 54.7 Å². The zero-order valence-corrected chi connectivity index (χ0v) is 25.3. The summed E-state index contributed by atoms with van der Waals surface area (Å²) in [7, 11) is 0. The maximum Gasteiger partial charge on any atom is 0.178 e. The second kappa shape index (κ2) is 11.2. The number of aromatic nitrogens is 5. The van der Waals surface area contributed by atoms with Gasteiger partial charge in [0.05, 0.1) is 16.9 Å². The molecule has 0 saturated heterocycles. The SMILES string of the molecule is c1ccc(-c2cc(-c3ccc(-c4ccc(-c5cnc6nc7cc8ccccc8cn7c6c5)cc4)cc3)nc(-c3ccccc3)n2)cc1. The molecule has 0 aliphatic heterocycles. The molecule has 0 N–H and O–H groups in total. The highest BCUT2D eigenvalue weighted by atomic mass is 15.0. The predicted octanol–water partition coefficient (Wildman–Crippen LogP) is 10.2. The molecule has 0 fully saturated rings. The van der Waals surface area contributed by atoms with Crippen molar-refractivity contribution in [2.24, 2.45) is 0 Å². The van der Waals surface area contributed by atoms with Crippen LogP contribution in [0.15, 0.2) is 164 Å². The van der Waals surface area contributed by atoms with Gasteiger partial charge in [0.2, 0.25) is 0 Å². The fraction of sp³-hybridized carbons (Fsp3) is 0. The van der Waals surface area contributed by atoms with Gasteiger partial charge in [0.15, 0.2) is 11.5 Å². The minimum atomic E-state index is 0.714. The Balaban J connectivity index is 1.03. The molecule has 0 amide bonds. The Morgan fingerprint density at radius 3 is 1.60 bits per heavy atom. The first-order valence-electron chi connectivity index (χ1n) is 15.6. The quantitative estimate of drug-likeness (QED) is 0.197. The van der Waals surface area contributed by atoms with Crippen LogP contribution in [-0.2, 0) is 0 Å². The highest BCUT2D eigenvalue weighted by Gasteiger charge is 2.12. The number of hydrogen-bond donors (Lipinski definition) is 0. The van der Waals surface area contributed by atoms with Crippen LogP contribution in [-0.4, -0.2) is 24.3 Å². The van der Waals surface area contributed by atoms with Crippen molar-refractivity contribution in [2.75, 3.05) is 0 Å². The molecule has 0 aliphatic rings. The van der Waals surface area contributed by atoms with Gasteiger partial charge in [0.1, 0.15) is 5.65 Å². The highest BCUT2D eigenvalue weighted by Crippen LogP contribution is 2.31. The number of pyridine rings is 2. The maximum atomic E-state index is 4.98. The third-order valence-electron chi connectivity index (χ3n) is 8.68. The lowest BCUT2D eigenvalue weighted by molar-refractivity contribution is 1.18. The number of hydrogen-bond acceptors (Lipinski definition) is 4. The second-order valence-electron chi connectivity index (χ2n) is 11.7. The van der Waals surface area contributed by atoms with Gasteiger partial charge in [0, 0.05) is 34.6 Å². The van der Waals surface area contributed by atoms with Crippen LogP contribution in [0.2, 0.25) is 0 Å². The molecule has 47 heavy (non-hydrogen) atoms. The summed E-state index contributed by atoms with van der Waals surface area (Å²) < 4.78 is 2.13. The van der Waals surface area contributed by atoms with E-state index in [2.05, 4.69) is 114 Å². The zero-order valence-electron chi connectivity index (χ0n) is 25.3. The molecule has 4 heterocycles. The van der Waals surface area contributed by atoms with Crippen molar-refractivity contribution in [1.29, 1.82) is 0 Å². The predicted molar refractivity (Wildman–Crippen MR) is 191 cm³/mol. The Bertz CT molecular complexity index is 2480. The molecule has 0 bridgehead atoms. The van der Waals surface area contributed by atoms with Crippen LogP contribution < -0.4 is 0 Å². The van der Waals surface area contributed by atoms with Crippen molar-refractivity contribution in [3.63, 3.8) is 0 Å². The summed E-state index contributed by atoms with van der Waals surface area (Å²) >= 11 is 0. The average Bonchev–Trinajstić information content (AvgIpc) is 3.51. The molecule has 9 rings (SSSR count). The lowest BCUT2D eigenvalue weighted by Gasteiger charge is -2.10. The molecule has 0 spiro atoms. The average molecular weight is 602 g/mol. The van der Waals surface area contributed by atoms with E-state index in [1.54, 1.807) is 0 Å². The fourth-order valence-electron chi connectivity index (χ4n) is 6.19. The number of imidazole rings is 1. The van der Waals surface area contributed by atoms with E-state index in [9.17, 15) is 0 Å². The van der Waals surface area contributed by atoms with Crippen LogP contribution in [0.5, 0.6) is 0 Å². The Labute approximate surface area is 271 Å². The van der Waals surface area contributed by atoms with Crippen molar-refractivity contribution < 1.29 is 0 Å². The molecule has 5 heteroatoms. The number of nitrogens with zero attached hydrogens (tertiary/aromatic N) is 5. The summed E-state index contributed by atoms with van der Waals surface area (Å²) in [5.74, 6) is 0.714. The summed E-state index contributed by atoms with van der Waals surface area (Å²) in [6.07, 6.45) is 4.05. The first-order chi connectivity index (χ1) is 23.2. The first kappa shape index (κ1) is 26.9. The number of fused-ring (bicyclic) bond motifs is 4. The van der Waals surface area contributed by atoms with Crippen LogP contribution in [0.4, 0.5) is 0 Å². The van der Waals surface area contributed by atoms with Gasteiger partial charge in [-0.2, -0.15) is 0 Å². The van der Waals surface area contributed by atoms with Crippen LogP contribution in [0.1, 0.15) is 0 Å². The molecule has 0 aliphatic carbocycles. The van der Waals surface area contributed by atoms with Gasteiger partial charge < -0.3 is 0 Å². The van der Waals surface area contributed by atoms with E-state index in [4.69, 9.17) is 19.9 Å². The van der Waals surface area contributed by atoms with Crippen molar-refractivity contribution in [2.45, 2.75) is 0 Å². The van der Waals surface area contributed by atoms with Crippen LogP contribution in [0.3, 0.4) is 0 Å². The zero-order chi connectivity index (χ0) is 31.2. The van der Waals surface area contributed by atoms with Gasteiger partial charge in [-0.3, -0.25) is 4.40 Å². The monoisotopic (exact) mass is 601 g/mol. The molecule has 0 atom stereocenters. The molecular weight excluding hydrogens is 574 g/mol. The Kier molecular flexibility index (Phi) is 6.39. The van der Waals surface area contributed by atoms with Gasteiger partial charge in [0.25, 0.3) is 0 Å². The van der Waals surface area contributed by atoms with Crippen LogP contribution in [0.25, 0.3) is 83.7 Å². The maximum absolute atomic E-state index is 4.98. The molecule has 5 aromatic carbocycles. The third-order valence-corrected chi connectivity index (χ3v) is 8.68.